The average molecular weight is 251 g/mol. The number of nitrogens with one attached hydrogen (secondary N) is 1. The number of halogens is 1. The summed E-state index contributed by atoms with van der Waals surface area (Å²) in [6.07, 6.45) is 0. The van der Waals surface area contributed by atoms with Crippen LogP contribution in [0, 0.1) is 19.7 Å². The second-order valence-corrected chi connectivity index (χ2v) is 4.95. The monoisotopic (exact) mass is 251 g/mol. The number of benzene rings is 1. The van der Waals surface area contributed by atoms with Crippen LogP contribution in [0.2, 0.25) is 0 Å². The molecule has 3 N–H and O–H groups in total. The fourth-order valence-corrected chi connectivity index (χ4v) is 2.41. The SMILES string of the molecule is Cc1nc(C(NN)c2cc(F)ccc2C)cs1. The van der Waals surface area contributed by atoms with Crippen molar-refractivity contribution < 1.29 is 4.39 Å². The first-order chi connectivity index (χ1) is 8.11. The molecular weight excluding hydrogens is 237 g/mol. The maximum Gasteiger partial charge on any atom is 0.123 e. The van der Waals surface area contributed by atoms with Crippen molar-refractivity contribution in [1.29, 1.82) is 0 Å². The van der Waals surface area contributed by atoms with E-state index in [1.165, 1.54) is 12.1 Å². The summed E-state index contributed by atoms with van der Waals surface area (Å²) in [4.78, 5) is 4.38. The van der Waals surface area contributed by atoms with Crippen molar-refractivity contribution in [2.24, 2.45) is 5.84 Å². The average Bonchev–Trinajstić information content (AvgIpc) is 2.71. The van der Waals surface area contributed by atoms with Gasteiger partial charge in [-0.25, -0.2) is 14.8 Å². The van der Waals surface area contributed by atoms with Crippen LogP contribution < -0.4 is 11.3 Å². The van der Waals surface area contributed by atoms with Crippen LogP contribution in [0.15, 0.2) is 23.6 Å². The Balaban J connectivity index is 2.45. The van der Waals surface area contributed by atoms with Gasteiger partial charge in [-0.1, -0.05) is 6.07 Å². The van der Waals surface area contributed by atoms with E-state index >= 15 is 0 Å². The lowest BCUT2D eigenvalue weighted by atomic mass is 10.00. The Labute approximate surface area is 103 Å². The van der Waals surface area contributed by atoms with Crippen LogP contribution in [0.4, 0.5) is 4.39 Å². The van der Waals surface area contributed by atoms with Gasteiger partial charge in [0.25, 0.3) is 0 Å². The van der Waals surface area contributed by atoms with Crippen molar-refractivity contribution in [2.45, 2.75) is 19.9 Å². The number of aryl methyl sites for hydroxylation is 2. The molecule has 0 aliphatic rings. The van der Waals surface area contributed by atoms with Gasteiger partial charge in [-0.3, -0.25) is 5.84 Å². The summed E-state index contributed by atoms with van der Waals surface area (Å²) in [7, 11) is 0. The number of hydrogen-bond donors (Lipinski definition) is 2. The molecule has 0 saturated heterocycles. The molecule has 0 radical (unpaired) electrons. The molecule has 5 heteroatoms. The highest BCUT2D eigenvalue weighted by Crippen LogP contribution is 2.25. The summed E-state index contributed by atoms with van der Waals surface area (Å²) in [6, 6.07) is 4.41. The third-order valence-corrected chi connectivity index (χ3v) is 3.44. The van der Waals surface area contributed by atoms with Crippen molar-refractivity contribution in [3.63, 3.8) is 0 Å². The van der Waals surface area contributed by atoms with Crippen LogP contribution in [-0.4, -0.2) is 4.98 Å². The van der Waals surface area contributed by atoms with Gasteiger partial charge in [-0.2, -0.15) is 0 Å². The predicted molar refractivity (Wildman–Crippen MR) is 67.2 cm³/mol. The van der Waals surface area contributed by atoms with Gasteiger partial charge in [0.2, 0.25) is 0 Å². The minimum absolute atomic E-state index is 0.266. The van der Waals surface area contributed by atoms with Crippen molar-refractivity contribution in [3.05, 3.63) is 51.2 Å². The topological polar surface area (TPSA) is 50.9 Å². The molecule has 0 aliphatic carbocycles. The lowest BCUT2D eigenvalue weighted by Crippen LogP contribution is -2.29. The highest BCUT2D eigenvalue weighted by atomic mass is 32.1. The van der Waals surface area contributed by atoms with E-state index in [4.69, 9.17) is 5.84 Å². The van der Waals surface area contributed by atoms with Crippen LogP contribution in [0.5, 0.6) is 0 Å². The molecule has 1 aromatic carbocycles. The Morgan fingerprint density at radius 1 is 1.41 bits per heavy atom. The van der Waals surface area contributed by atoms with Crippen molar-refractivity contribution in [1.82, 2.24) is 10.4 Å². The van der Waals surface area contributed by atoms with E-state index < -0.39 is 0 Å². The molecular formula is C12H14FN3S. The van der Waals surface area contributed by atoms with E-state index in [2.05, 4.69) is 10.4 Å². The molecule has 1 atom stereocenters. The lowest BCUT2D eigenvalue weighted by Gasteiger charge is -2.16. The maximum absolute atomic E-state index is 13.3. The fraction of sp³-hybridized carbons (Fsp3) is 0.250. The van der Waals surface area contributed by atoms with Crippen molar-refractivity contribution in [2.75, 3.05) is 0 Å². The number of aromatic nitrogens is 1. The molecule has 0 spiro atoms. The number of nitrogens with two attached hydrogens (primary N) is 1. The molecule has 3 nitrogen and oxygen atoms in total. The number of hydrogen-bond acceptors (Lipinski definition) is 4. The Kier molecular flexibility index (Phi) is 3.51. The molecule has 0 bridgehead atoms. The smallest absolute Gasteiger partial charge is 0.123 e. The molecule has 2 aromatic rings. The Morgan fingerprint density at radius 2 is 2.18 bits per heavy atom. The Morgan fingerprint density at radius 3 is 2.76 bits per heavy atom. The van der Waals surface area contributed by atoms with Gasteiger partial charge in [-0.05, 0) is 37.1 Å². The first-order valence-corrected chi connectivity index (χ1v) is 6.14. The summed E-state index contributed by atoms with van der Waals surface area (Å²) < 4.78 is 13.3. The number of thiazole rings is 1. The molecule has 2 rings (SSSR count). The lowest BCUT2D eigenvalue weighted by molar-refractivity contribution is 0.596. The molecule has 1 heterocycles. The van der Waals surface area contributed by atoms with Crippen LogP contribution in [0.25, 0.3) is 0 Å². The van der Waals surface area contributed by atoms with E-state index in [0.717, 1.165) is 21.8 Å². The fourth-order valence-electron chi connectivity index (χ4n) is 1.77. The van der Waals surface area contributed by atoms with Gasteiger partial charge in [0.1, 0.15) is 5.82 Å². The quantitative estimate of drug-likeness (QED) is 0.651. The molecule has 0 saturated carbocycles. The van der Waals surface area contributed by atoms with Gasteiger partial charge in [0.05, 0.1) is 16.7 Å². The highest BCUT2D eigenvalue weighted by Gasteiger charge is 2.17. The van der Waals surface area contributed by atoms with Crippen LogP contribution in [-0.2, 0) is 0 Å². The molecule has 0 fully saturated rings. The summed E-state index contributed by atoms with van der Waals surface area (Å²) in [5, 5.41) is 2.90. The predicted octanol–water partition coefficient (Wildman–Crippen LogP) is 2.45. The first-order valence-electron chi connectivity index (χ1n) is 5.26. The van der Waals surface area contributed by atoms with Crippen LogP contribution in [0.3, 0.4) is 0 Å². The zero-order chi connectivity index (χ0) is 12.4. The zero-order valence-electron chi connectivity index (χ0n) is 9.70. The van der Waals surface area contributed by atoms with Crippen molar-refractivity contribution >= 4 is 11.3 Å². The van der Waals surface area contributed by atoms with Gasteiger partial charge < -0.3 is 0 Å². The molecule has 17 heavy (non-hydrogen) atoms. The molecule has 1 aromatic heterocycles. The van der Waals surface area contributed by atoms with E-state index in [1.54, 1.807) is 17.4 Å². The number of hydrazine groups is 1. The van der Waals surface area contributed by atoms with E-state index in [9.17, 15) is 4.39 Å². The minimum atomic E-state index is -0.268. The van der Waals surface area contributed by atoms with E-state index in [-0.39, 0.29) is 11.9 Å². The standard InChI is InChI=1S/C12H14FN3S/c1-7-3-4-9(13)5-10(7)12(16-14)11-6-17-8(2)15-11/h3-6,12,16H,14H2,1-2H3. The Hall–Kier alpha value is -1.30. The summed E-state index contributed by atoms with van der Waals surface area (Å²) in [6.45, 7) is 3.86. The van der Waals surface area contributed by atoms with Gasteiger partial charge in [0, 0.05) is 5.38 Å². The summed E-state index contributed by atoms with van der Waals surface area (Å²) >= 11 is 1.55. The second-order valence-electron chi connectivity index (χ2n) is 3.89. The van der Waals surface area contributed by atoms with Crippen LogP contribution in [0.1, 0.15) is 27.9 Å². The van der Waals surface area contributed by atoms with E-state index in [1.807, 2.05) is 19.2 Å². The molecule has 0 aliphatic heterocycles. The number of rotatable bonds is 3. The first kappa shape index (κ1) is 12.2. The molecule has 0 amide bonds. The van der Waals surface area contributed by atoms with Crippen LogP contribution >= 0.6 is 11.3 Å². The minimum Gasteiger partial charge on any atom is -0.271 e. The van der Waals surface area contributed by atoms with Gasteiger partial charge >= 0.3 is 0 Å². The normalized spacial score (nSPS) is 12.7. The second kappa shape index (κ2) is 4.91. The Bertz CT molecular complexity index is 524. The third kappa shape index (κ3) is 2.52. The van der Waals surface area contributed by atoms with Gasteiger partial charge in [-0.15, -0.1) is 11.3 Å². The molecule has 1 unspecified atom stereocenters. The van der Waals surface area contributed by atoms with E-state index in [0.29, 0.717) is 0 Å². The maximum atomic E-state index is 13.3. The summed E-state index contributed by atoms with van der Waals surface area (Å²) in [5.41, 5.74) is 5.32. The molecule has 90 valence electrons. The zero-order valence-corrected chi connectivity index (χ0v) is 10.5. The van der Waals surface area contributed by atoms with Crippen molar-refractivity contribution in [3.8, 4) is 0 Å². The van der Waals surface area contributed by atoms with Gasteiger partial charge in [0.15, 0.2) is 0 Å². The largest absolute Gasteiger partial charge is 0.271 e. The highest BCUT2D eigenvalue weighted by molar-refractivity contribution is 7.09. The summed E-state index contributed by atoms with van der Waals surface area (Å²) in [5.74, 6) is 5.29. The number of nitrogens with zero attached hydrogens (tertiary/aromatic N) is 1. The third-order valence-electron chi connectivity index (χ3n) is 2.65.